The van der Waals surface area contributed by atoms with E-state index in [2.05, 4.69) is 25.2 Å². The molecule has 1 aromatic heterocycles. The van der Waals surface area contributed by atoms with Gasteiger partial charge in [0.1, 0.15) is 11.4 Å². The zero-order valence-electron chi connectivity index (χ0n) is 10.3. The molecule has 1 N–H and O–H groups in total. The fourth-order valence-corrected chi connectivity index (χ4v) is 2.19. The zero-order valence-corrected chi connectivity index (χ0v) is 10.3. The highest BCUT2D eigenvalue weighted by atomic mass is 16.6. The maximum Gasteiger partial charge on any atom is 0.220 e. The van der Waals surface area contributed by atoms with Crippen molar-refractivity contribution in [3.05, 3.63) is 11.4 Å². The van der Waals surface area contributed by atoms with Crippen LogP contribution in [0.4, 0.5) is 0 Å². The number of nitrogens with zero attached hydrogens (tertiary/aromatic N) is 3. The molecule has 94 valence electrons. The van der Waals surface area contributed by atoms with Gasteiger partial charge in [-0.2, -0.15) is 0 Å². The molecule has 1 fully saturated rings. The Morgan fingerprint density at radius 1 is 1.59 bits per heavy atom. The average molecular weight is 238 g/mol. The number of amides is 1. The first-order chi connectivity index (χ1) is 8.19. The third kappa shape index (κ3) is 3.03. The summed E-state index contributed by atoms with van der Waals surface area (Å²) >= 11 is 0. The van der Waals surface area contributed by atoms with E-state index in [1.54, 1.807) is 7.05 Å². The van der Waals surface area contributed by atoms with Gasteiger partial charge < -0.3 is 5.32 Å². The summed E-state index contributed by atoms with van der Waals surface area (Å²) in [7, 11) is 1.68. The summed E-state index contributed by atoms with van der Waals surface area (Å²) < 4.78 is 4.67. The van der Waals surface area contributed by atoms with Crippen molar-refractivity contribution < 1.29 is 9.42 Å². The second-order valence-corrected chi connectivity index (χ2v) is 4.56. The zero-order chi connectivity index (χ0) is 12.3. The number of hydrogen-bond donors (Lipinski definition) is 1. The van der Waals surface area contributed by atoms with Crippen molar-refractivity contribution in [3.63, 3.8) is 0 Å². The summed E-state index contributed by atoms with van der Waals surface area (Å²) in [5.41, 5.74) is 1.74. The van der Waals surface area contributed by atoms with Crippen LogP contribution in [0, 0.1) is 12.8 Å². The lowest BCUT2D eigenvalue weighted by Gasteiger charge is -2.13. The third-order valence-corrected chi connectivity index (χ3v) is 3.24. The lowest BCUT2D eigenvalue weighted by Crippen LogP contribution is -2.24. The van der Waals surface area contributed by atoms with Gasteiger partial charge >= 0.3 is 0 Å². The van der Waals surface area contributed by atoms with Crippen molar-refractivity contribution in [2.75, 3.05) is 20.1 Å². The van der Waals surface area contributed by atoms with Crippen molar-refractivity contribution in [2.24, 2.45) is 5.92 Å². The first-order valence-electron chi connectivity index (χ1n) is 5.90. The molecular formula is C11H18N4O2. The van der Waals surface area contributed by atoms with Crippen molar-refractivity contribution >= 4 is 5.91 Å². The highest BCUT2D eigenvalue weighted by Crippen LogP contribution is 2.21. The van der Waals surface area contributed by atoms with Crippen LogP contribution in [0.2, 0.25) is 0 Å². The van der Waals surface area contributed by atoms with E-state index >= 15 is 0 Å². The van der Waals surface area contributed by atoms with Gasteiger partial charge in [0.2, 0.25) is 5.91 Å². The molecule has 6 heteroatoms. The SMILES string of the molecule is CNC(=O)CC1CCN(Cc2nonc2C)C1. The molecule has 1 atom stereocenters. The molecule has 0 saturated carbocycles. The van der Waals surface area contributed by atoms with Crippen molar-refractivity contribution in [3.8, 4) is 0 Å². The normalized spacial score (nSPS) is 20.7. The van der Waals surface area contributed by atoms with Crippen LogP contribution in [0.5, 0.6) is 0 Å². The smallest absolute Gasteiger partial charge is 0.220 e. The number of carbonyl (C=O) groups is 1. The summed E-state index contributed by atoms with van der Waals surface area (Å²) in [6, 6.07) is 0. The first-order valence-corrected chi connectivity index (χ1v) is 5.90. The predicted molar refractivity (Wildman–Crippen MR) is 61.1 cm³/mol. The van der Waals surface area contributed by atoms with Crippen LogP contribution in [0.3, 0.4) is 0 Å². The fourth-order valence-electron chi connectivity index (χ4n) is 2.19. The van der Waals surface area contributed by atoms with E-state index in [0.29, 0.717) is 12.3 Å². The number of aromatic nitrogens is 2. The summed E-state index contributed by atoms with van der Waals surface area (Å²) in [5, 5.41) is 10.3. The minimum Gasteiger partial charge on any atom is -0.359 e. The largest absolute Gasteiger partial charge is 0.359 e. The molecule has 17 heavy (non-hydrogen) atoms. The number of nitrogens with one attached hydrogen (secondary N) is 1. The Kier molecular flexibility index (Phi) is 3.73. The molecule has 0 aliphatic carbocycles. The molecule has 0 radical (unpaired) electrons. The van der Waals surface area contributed by atoms with Gasteiger partial charge in [-0.25, -0.2) is 4.63 Å². The van der Waals surface area contributed by atoms with E-state index in [0.717, 1.165) is 37.4 Å². The van der Waals surface area contributed by atoms with Crippen molar-refractivity contribution in [1.29, 1.82) is 0 Å². The number of rotatable bonds is 4. The molecule has 1 saturated heterocycles. The Morgan fingerprint density at radius 3 is 3.06 bits per heavy atom. The molecular weight excluding hydrogens is 220 g/mol. The molecule has 2 rings (SSSR count). The van der Waals surface area contributed by atoms with Crippen LogP contribution in [-0.2, 0) is 11.3 Å². The monoisotopic (exact) mass is 238 g/mol. The lowest BCUT2D eigenvalue weighted by molar-refractivity contribution is -0.121. The van der Waals surface area contributed by atoms with Gasteiger partial charge in [-0.05, 0) is 25.8 Å². The molecule has 6 nitrogen and oxygen atoms in total. The Morgan fingerprint density at radius 2 is 2.41 bits per heavy atom. The summed E-state index contributed by atoms with van der Waals surface area (Å²) in [6.07, 6.45) is 1.68. The number of carbonyl (C=O) groups excluding carboxylic acids is 1. The van der Waals surface area contributed by atoms with Crippen LogP contribution >= 0.6 is 0 Å². The molecule has 0 spiro atoms. The van der Waals surface area contributed by atoms with Gasteiger partial charge in [0.25, 0.3) is 0 Å². The Balaban J connectivity index is 1.82. The van der Waals surface area contributed by atoms with Gasteiger partial charge in [-0.1, -0.05) is 10.3 Å². The minimum atomic E-state index is 0.121. The van der Waals surface area contributed by atoms with Gasteiger partial charge in [0, 0.05) is 26.6 Å². The Labute approximate surface area is 100 Å². The number of likely N-dealkylation sites (tertiary alicyclic amines) is 1. The van der Waals surface area contributed by atoms with Crippen molar-refractivity contribution in [2.45, 2.75) is 26.3 Å². The molecule has 1 aliphatic rings. The maximum atomic E-state index is 11.3. The second-order valence-electron chi connectivity index (χ2n) is 4.56. The van der Waals surface area contributed by atoms with E-state index in [1.807, 2.05) is 6.92 Å². The molecule has 1 aromatic rings. The van der Waals surface area contributed by atoms with E-state index in [-0.39, 0.29) is 5.91 Å². The third-order valence-electron chi connectivity index (χ3n) is 3.24. The highest BCUT2D eigenvalue weighted by molar-refractivity contribution is 5.75. The number of hydrogen-bond acceptors (Lipinski definition) is 5. The summed E-state index contributed by atoms with van der Waals surface area (Å²) in [4.78, 5) is 13.6. The standard InChI is InChI=1S/C11H18N4O2/c1-8-10(14-17-13-8)7-15-4-3-9(6-15)5-11(16)12-2/h9H,3-7H2,1-2H3,(H,12,16). The Bertz CT molecular complexity index is 391. The van der Waals surface area contributed by atoms with Gasteiger partial charge in [0.15, 0.2) is 0 Å². The van der Waals surface area contributed by atoms with E-state index in [1.165, 1.54) is 0 Å². The highest BCUT2D eigenvalue weighted by Gasteiger charge is 2.25. The van der Waals surface area contributed by atoms with Gasteiger partial charge in [-0.15, -0.1) is 0 Å². The van der Waals surface area contributed by atoms with Crippen LogP contribution in [0.1, 0.15) is 24.2 Å². The molecule has 1 amide bonds. The minimum absolute atomic E-state index is 0.121. The quantitative estimate of drug-likeness (QED) is 0.818. The van der Waals surface area contributed by atoms with Crippen LogP contribution in [0.25, 0.3) is 0 Å². The number of aryl methyl sites for hydroxylation is 1. The second kappa shape index (κ2) is 5.27. The van der Waals surface area contributed by atoms with Crippen LogP contribution in [-0.4, -0.2) is 41.3 Å². The molecule has 0 bridgehead atoms. The average Bonchev–Trinajstić information content (AvgIpc) is 2.90. The molecule has 1 aliphatic heterocycles. The van der Waals surface area contributed by atoms with Crippen LogP contribution < -0.4 is 5.32 Å². The van der Waals surface area contributed by atoms with Gasteiger partial charge in [-0.3, -0.25) is 9.69 Å². The topological polar surface area (TPSA) is 71.3 Å². The Hall–Kier alpha value is -1.43. The van der Waals surface area contributed by atoms with E-state index in [9.17, 15) is 4.79 Å². The van der Waals surface area contributed by atoms with Crippen LogP contribution in [0.15, 0.2) is 4.63 Å². The van der Waals surface area contributed by atoms with E-state index in [4.69, 9.17) is 0 Å². The summed E-state index contributed by atoms with van der Waals surface area (Å²) in [6.45, 7) is 4.61. The van der Waals surface area contributed by atoms with E-state index < -0.39 is 0 Å². The fraction of sp³-hybridized carbons (Fsp3) is 0.727. The first kappa shape index (κ1) is 12.0. The maximum absolute atomic E-state index is 11.3. The van der Waals surface area contributed by atoms with Crippen molar-refractivity contribution in [1.82, 2.24) is 20.5 Å². The predicted octanol–water partition coefficient (Wildman–Crippen LogP) is 0.336. The molecule has 2 heterocycles. The lowest BCUT2D eigenvalue weighted by atomic mass is 10.1. The summed E-state index contributed by atoms with van der Waals surface area (Å²) in [5.74, 6) is 0.575. The van der Waals surface area contributed by atoms with Gasteiger partial charge in [0.05, 0.1) is 0 Å². The molecule has 1 unspecified atom stereocenters. The molecule has 0 aromatic carbocycles.